The monoisotopic (exact) mass is 449 g/mol. The molecule has 0 radical (unpaired) electrons. The zero-order valence-corrected chi connectivity index (χ0v) is 18.0. The molecule has 0 aliphatic carbocycles. The number of aromatic amines is 1. The second-order valence-corrected chi connectivity index (χ2v) is 8.17. The van der Waals surface area contributed by atoms with Crippen LogP contribution in [0, 0.1) is 0 Å². The number of hydrogen-bond acceptors (Lipinski definition) is 5. The number of H-pyrrole nitrogens is 1. The predicted molar refractivity (Wildman–Crippen MR) is 121 cm³/mol. The maximum Gasteiger partial charge on any atom is 0.258 e. The molecular formula is C23H20ClN5O3. The number of halogens is 1. The molecule has 1 amide bonds. The van der Waals surface area contributed by atoms with Crippen LogP contribution in [-0.2, 0) is 4.74 Å². The van der Waals surface area contributed by atoms with Gasteiger partial charge in [-0.3, -0.25) is 9.59 Å². The summed E-state index contributed by atoms with van der Waals surface area (Å²) in [4.78, 5) is 29.9. The molecule has 2 aromatic carbocycles. The van der Waals surface area contributed by atoms with Crippen LogP contribution in [-0.4, -0.2) is 57.1 Å². The number of carbonyl (C=O) groups excluding carboxylic acids is 1. The largest absolute Gasteiger partial charge is 0.380 e. The number of benzene rings is 2. The fourth-order valence-corrected chi connectivity index (χ4v) is 4.11. The van der Waals surface area contributed by atoms with Crippen molar-refractivity contribution in [1.82, 2.24) is 24.9 Å². The van der Waals surface area contributed by atoms with Crippen LogP contribution in [0.1, 0.15) is 16.8 Å². The van der Waals surface area contributed by atoms with Crippen molar-refractivity contribution in [1.29, 1.82) is 0 Å². The lowest BCUT2D eigenvalue weighted by Gasteiger charge is -2.16. The first-order valence-corrected chi connectivity index (χ1v) is 10.6. The molecule has 0 unspecified atom stereocenters. The van der Waals surface area contributed by atoms with Gasteiger partial charge in [0.2, 0.25) is 0 Å². The number of carbonyl (C=O) groups is 1. The number of methoxy groups -OCH3 is 1. The van der Waals surface area contributed by atoms with Crippen molar-refractivity contribution >= 4 is 28.4 Å². The molecule has 1 atom stereocenters. The van der Waals surface area contributed by atoms with E-state index in [0.717, 1.165) is 17.5 Å². The van der Waals surface area contributed by atoms with Gasteiger partial charge < -0.3 is 14.6 Å². The minimum Gasteiger partial charge on any atom is -0.380 e. The Morgan fingerprint density at radius 1 is 1.19 bits per heavy atom. The van der Waals surface area contributed by atoms with Crippen LogP contribution in [0.15, 0.2) is 59.5 Å². The van der Waals surface area contributed by atoms with E-state index in [0.29, 0.717) is 40.4 Å². The van der Waals surface area contributed by atoms with Crippen LogP contribution in [0.2, 0.25) is 5.02 Å². The van der Waals surface area contributed by atoms with Gasteiger partial charge in [0.1, 0.15) is 5.69 Å². The van der Waals surface area contributed by atoms with Crippen LogP contribution in [0.4, 0.5) is 0 Å². The number of aromatic nitrogens is 4. The van der Waals surface area contributed by atoms with Gasteiger partial charge in [-0.25, -0.2) is 4.68 Å². The molecular weight excluding hydrogens is 430 g/mol. The van der Waals surface area contributed by atoms with E-state index in [4.69, 9.17) is 16.3 Å². The Kier molecular flexibility index (Phi) is 5.24. The van der Waals surface area contributed by atoms with Crippen molar-refractivity contribution < 1.29 is 9.53 Å². The fourth-order valence-electron chi connectivity index (χ4n) is 3.93. The Hall–Kier alpha value is -3.49. The number of likely N-dealkylation sites (tertiary alicyclic amines) is 1. The smallest absolute Gasteiger partial charge is 0.258 e. The maximum absolute atomic E-state index is 12.7. The lowest BCUT2D eigenvalue weighted by atomic mass is 10.1. The molecule has 2 aromatic heterocycles. The molecule has 162 valence electrons. The third-order valence-corrected chi connectivity index (χ3v) is 5.96. The SMILES string of the molecule is CO[C@H]1CCN(C(=O)c2ccc(-n3cc(-c4cc5cc(Cl)ccc5[nH]c4=O)nn3)cc2)C1. The molecule has 9 heteroatoms. The van der Waals surface area contributed by atoms with Crippen molar-refractivity contribution in [3.05, 3.63) is 75.7 Å². The lowest BCUT2D eigenvalue weighted by molar-refractivity contribution is 0.0724. The highest BCUT2D eigenvalue weighted by atomic mass is 35.5. The number of fused-ring (bicyclic) bond motifs is 1. The molecule has 4 aromatic rings. The van der Waals surface area contributed by atoms with Crippen LogP contribution < -0.4 is 5.56 Å². The number of ether oxygens (including phenoxy) is 1. The quantitative estimate of drug-likeness (QED) is 0.516. The Bertz CT molecular complexity index is 1360. The lowest BCUT2D eigenvalue weighted by Crippen LogP contribution is -2.29. The first kappa shape index (κ1) is 20.4. The summed E-state index contributed by atoms with van der Waals surface area (Å²) < 4.78 is 6.91. The normalized spacial score (nSPS) is 16.1. The number of pyridine rings is 1. The predicted octanol–water partition coefficient (Wildman–Crippen LogP) is 3.29. The van der Waals surface area contributed by atoms with Gasteiger partial charge in [-0.2, -0.15) is 0 Å². The Morgan fingerprint density at radius 3 is 2.75 bits per heavy atom. The standard InChI is InChI=1S/C23H20ClN5O3/c1-32-18-8-9-28(12-18)23(31)14-2-5-17(6-3-14)29-13-21(26-27-29)19-11-15-10-16(24)4-7-20(15)25-22(19)30/h2-7,10-11,13,18H,8-9,12H2,1H3,(H,25,30)/t18-/m0/s1. The van der Waals surface area contributed by atoms with Gasteiger partial charge in [-0.15, -0.1) is 5.10 Å². The molecule has 1 saturated heterocycles. The first-order chi connectivity index (χ1) is 15.5. The van der Waals surface area contributed by atoms with Gasteiger partial charge in [0.25, 0.3) is 11.5 Å². The summed E-state index contributed by atoms with van der Waals surface area (Å²) in [5.74, 6) is -0.0169. The topological polar surface area (TPSA) is 93.1 Å². The van der Waals surface area contributed by atoms with E-state index in [-0.39, 0.29) is 17.6 Å². The van der Waals surface area contributed by atoms with Gasteiger partial charge >= 0.3 is 0 Å². The van der Waals surface area contributed by atoms with Crippen LogP contribution >= 0.6 is 11.6 Å². The van der Waals surface area contributed by atoms with Gasteiger partial charge in [0.05, 0.1) is 23.6 Å². The van der Waals surface area contributed by atoms with Crippen molar-refractivity contribution in [2.75, 3.05) is 20.2 Å². The minimum atomic E-state index is -0.257. The van der Waals surface area contributed by atoms with Gasteiger partial charge in [-0.05, 0) is 55.0 Å². The van der Waals surface area contributed by atoms with Gasteiger partial charge in [0, 0.05) is 41.7 Å². The summed E-state index contributed by atoms with van der Waals surface area (Å²) in [5, 5.41) is 9.70. The molecule has 0 spiro atoms. The van der Waals surface area contributed by atoms with Crippen LogP contribution in [0.5, 0.6) is 0 Å². The molecule has 32 heavy (non-hydrogen) atoms. The van der Waals surface area contributed by atoms with E-state index < -0.39 is 0 Å². The van der Waals surface area contributed by atoms with Crippen molar-refractivity contribution in [2.45, 2.75) is 12.5 Å². The highest BCUT2D eigenvalue weighted by molar-refractivity contribution is 6.31. The second-order valence-electron chi connectivity index (χ2n) is 7.74. The molecule has 0 saturated carbocycles. The minimum absolute atomic E-state index is 0.0169. The molecule has 3 heterocycles. The number of nitrogens with zero attached hydrogens (tertiary/aromatic N) is 4. The van der Waals surface area contributed by atoms with Crippen molar-refractivity contribution in [2.24, 2.45) is 0 Å². The molecule has 1 fully saturated rings. The van der Waals surface area contributed by atoms with E-state index in [9.17, 15) is 9.59 Å². The highest BCUT2D eigenvalue weighted by Crippen LogP contribution is 2.22. The molecule has 1 N–H and O–H groups in total. The van der Waals surface area contributed by atoms with Crippen LogP contribution in [0.3, 0.4) is 0 Å². The third-order valence-electron chi connectivity index (χ3n) is 5.72. The second kappa shape index (κ2) is 8.22. The van der Waals surface area contributed by atoms with Gasteiger partial charge in [0.15, 0.2) is 0 Å². The van der Waals surface area contributed by atoms with E-state index in [1.165, 1.54) is 0 Å². The average Bonchev–Trinajstić information content (AvgIpc) is 3.48. The molecule has 0 bridgehead atoms. The summed E-state index contributed by atoms with van der Waals surface area (Å²) in [6, 6.07) is 14.2. The fraction of sp³-hybridized carbons (Fsp3) is 0.217. The molecule has 5 rings (SSSR count). The zero-order valence-electron chi connectivity index (χ0n) is 17.3. The summed E-state index contributed by atoms with van der Waals surface area (Å²) in [7, 11) is 1.67. The highest BCUT2D eigenvalue weighted by Gasteiger charge is 2.26. The number of amides is 1. The zero-order chi connectivity index (χ0) is 22.2. The van der Waals surface area contributed by atoms with Gasteiger partial charge in [-0.1, -0.05) is 16.8 Å². The van der Waals surface area contributed by atoms with E-state index >= 15 is 0 Å². The number of hydrogen-bond donors (Lipinski definition) is 1. The molecule has 8 nitrogen and oxygen atoms in total. The molecule has 1 aliphatic heterocycles. The van der Waals surface area contributed by atoms with Crippen LogP contribution in [0.25, 0.3) is 27.8 Å². The Morgan fingerprint density at radius 2 is 2.00 bits per heavy atom. The van der Waals surface area contributed by atoms with E-state index in [1.54, 1.807) is 71.4 Å². The summed E-state index contributed by atoms with van der Waals surface area (Å²) in [6.45, 7) is 1.30. The summed E-state index contributed by atoms with van der Waals surface area (Å²) in [6.07, 6.45) is 2.63. The molecule has 1 aliphatic rings. The third kappa shape index (κ3) is 3.79. The maximum atomic E-state index is 12.7. The number of rotatable bonds is 4. The summed E-state index contributed by atoms with van der Waals surface area (Å²) in [5.41, 5.74) is 2.62. The summed E-state index contributed by atoms with van der Waals surface area (Å²) >= 11 is 6.07. The van der Waals surface area contributed by atoms with E-state index in [1.807, 2.05) is 0 Å². The first-order valence-electron chi connectivity index (χ1n) is 10.2. The Labute approximate surface area is 188 Å². The average molecular weight is 450 g/mol. The van der Waals surface area contributed by atoms with E-state index in [2.05, 4.69) is 15.3 Å². The number of nitrogens with one attached hydrogen (secondary N) is 1. The Balaban J connectivity index is 1.39. The van der Waals surface area contributed by atoms with Crippen molar-refractivity contribution in [3.63, 3.8) is 0 Å². The van der Waals surface area contributed by atoms with Crippen molar-refractivity contribution in [3.8, 4) is 16.9 Å².